The van der Waals surface area contributed by atoms with E-state index in [2.05, 4.69) is 4.42 Å². The average molecular weight is 180 g/mol. The van der Waals surface area contributed by atoms with Gasteiger partial charge in [-0.25, -0.2) is 4.79 Å². The zero-order chi connectivity index (χ0) is 9.42. The lowest BCUT2D eigenvalue weighted by molar-refractivity contribution is 0.405. The lowest BCUT2D eigenvalue weighted by atomic mass is 10.2. The maximum absolute atomic E-state index is 12.8. The monoisotopic (exact) mass is 180 g/mol. The highest BCUT2D eigenvalue weighted by atomic mass is 19.1. The number of halogens is 1. The predicted molar refractivity (Wildman–Crippen MR) is 44.1 cm³/mol. The van der Waals surface area contributed by atoms with Gasteiger partial charge >= 0.3 is 5.63 Å². The molecule has 0 saturated heterocycles. The maximum Gasteiger partial charge on any atom is 0.376 e. The fourth-order valence-corrected chi connectivity index (χ4v) is 1.11. The molecule has 0 aliphatic rings. The fraction of sp³-hybridized carbons (Fsp3) is 0. The summed E-state index contributed by atoms with van der Waals surface area (Å²) >= 11 is 0. The molecule has 2 rings (SSSR count). The summed E-state index contributed by atoms with van der Waals surface area (Å²) in [5.74, 6) is -1.91. The highest BCUT2D eigenvalue weighted by Gasteiger charge is 2.11. The van der Waals surface area contributed by atoms with Crippen LogP contribution in [0.4, 0.5) is 4.39 Å². The molecule has 0 amide bonds. The Morgan fingerprint density at radius 1 is 1.31 bits per heavy atom. The smallest absolute Gasteiger partial charge is 0.376 e. The molecule has 2 aromatic rings. The van der Waals surface area contributed by atoms with Gasteiger partial charge in [0, 0.05) is 0 Å². The van der Waals surface area contributed by atoms with Gasteiger partial charge < -0.3 is 9.52 Å². The lowest BCUT2D eigenvalue weighted by Gasteiger charge is -1.98. The number of fused-ring (bicyclic) bond motifs is 1. The quantitative estimate of drug-likeness (QED) is 0.627. The van der Waals surface area contributed by atoms with Crippen LogP contribution in [-0.2, 0) is 0 Å². The molecule has 1 N–H and O–H groups in total. The summed E-state index contributed by atoms with van der Waals surface area (Å²) in [6.07, 6.45) is 0. The summed E-state index contributed by atoms with van der Waals surface area (Å²) < 4.78 is 17.4. The van der Waals surface area contributed by atoms with E-state index in [1.165, 1.54) is 12.1 Å². The zero-order valence-electron chi connectivity index (χ0n) is 6.45. The molecule has 0 atom stereocenters. The van der Waals surface area contributed by atoms with Crippen LogP contribution in [0.15, 0.2) is 33.5 Å². The second-order valence-electron chi connectivity index (χ2n) is 2.55. The highest BCUT2D eigenvalue weighted by molar-refractivity contribution is 5.82. The summed E-state index contributed by atoms with van der Waals surface area (Å²) in [7, 11) is 0. The molecular weight excluding hydrogens is 175 g/mol. The lowest BCUT2D eigenvalue weighted by Crippen LogP contribution is -2.03. The van der Waals surface area contributed by atoms with Crippen molar-refractivity contribution in [3.05, 3.63) is 40.5 Å². The third-order valence-electron chi connectivity index (χ3n) is 1.73. The third kappa shape index (κ3) is 1.07. The van der Waals surface area contributed by atoms with Gasteiger partial charge in [-0.2, -0.15) is 4.39 Å². The van der Waals surface area contributed by atoms with E-state index in [-0.39, 0.29) is 11.0 Å². The van der Waals surface area contributed by atoms with Gasteiger partial charge in [-0.15, -0.1) is 0 Å². The van der Waals surface area contributed by atoms with Crippen molar-refractivity contribution >= 4 is 11.0 Å². The number of hydrogen-bond acceptors (Lipinski definition) is 3. The van der Waals surface area contributed by atoms with Gasteiger partial charge in [0.1, 0.15) is 5.58 Å². The van der Waals surface area contributed by atoms with Gasteiger partial charge in [-0.3, -0.25) is 0 Å². The molecule has 0 aliphatic carbocycles. The van der Waals surface area contributed by atoms with Crippen molar-refractivity contribution in [1.29, 1.82) is 0 Å². The molecule has 13 heavy (non-hydrogen) atoms. The minimum absolute atomic E-state index is 0.173. The predicted octanol–water partition coefficient (Wildman–Crippen LogP) is 1.64. The largest absolute Gasteiger partial charge is 0.504 e. The SMILES string of the molecule is O=c1oc2ccccc2c(O)c1F. The molecular formula is C9H5FO3. The number of rotatable bonds is 0. The first kappa shape index (κ1) is 7.79. The Morgan fingerprint density at radius 3 is 2.77 bits per heavy atom. The van der Waals surface area contributed by atoms with Crippen molar-refractivity contribution in [2.24, 2.45) is 0 Å². The molecule has 1 aromatic carbocycles. The zero-order valence-corrected chi connectivity index (χ0v) is 6.45. The Bertz CT molecular complexity index is 516. The molecule has 1 heterocycles. The molecule has 66 valence electrons. The summed E-state index contributed by atoms with van der Waals surface area (Å²) in [5.41, 5.74) is -0.984. The molecule has 1 aromatic heterocycles. The van der Waals surface area contributed by atoms with Gasteiger partial charge in [0.25, 0.3) is 5.82 Å². The standard InChI is InChI=1S/C9H5FO3/c10-7-8(11)5-3-1-2-4-6(5)13-9(7)12/h1-4,11H. The van der Waals surface area contributed by atoms with Crippen molar-refractivity contribution in [1.82, 2.24) is 0 Å². The Hall–Kier alpha value is -1.84. The maximum atomic E-state index is 12.8. The summed E-state index contributed by atoms with van der Waals surface area (Å²) in [5, 5.41) is 9.40. The molecule has 3 nitrogen and oxygen atoms in total. The van der Waals surface area contributed by atoms with E-state index in [0.29, 0.717) is 0 Å². The minimum Gasteiger partial charge on any atom is -0.504 e. The van der Waals surface area contributed by atoms with Crippen LogP contribution in [0.3, 0.4) is 0 Å². The van der Waals surface area contributed by atoms with Crippen molar-refractivity contribution in [3.8, 4) is 5.75 Å². The van der Waals surface area contributed by atoms with E-state index < -0.39 is 17.2 Å². The molecule has 0 spiro atoms. The van der Waals surface area contributed by atoms with E-state index in [1.54, 1.807) is 12.1 Å². The first-order chi connectivity index (χ1) is 6.20. The van der Waals surface area contributed by atoms with Crippen LogP contribution in [-0.4, -0.2) is 5.11 Å². The van der Waals surface area contributed by atoms with Crippen molar-refractivity contribution in [3.63, 3.8) is 0 Å². The van der Waals surface area contributed by atoms with Crippen molar-refractivity contribution in [2.45, 2.75) is 0 Å². The Labute approximate surface area is 72.0 Å². The normalized spacial score (nSPS) is 10.5. The third-order valence-corrected chi connectivity index (χ3v) is 1.73. The number of aromatic hydroxyl groups is 1. The van der Waals surface area contributed by atoms with E-state index in [9.17, 15) is 14.3 Å². The summed E-state index contributed by atoms with van der Waals surface area (Å²) in [4.78, 5) is 10.8. The number of hydrogen-bond donors (Lipinski definition) is 1. The van der Waals surface area contributed by atoms with E-state index in [0.717, 1.165) is 0 Å². The van der Waals surface area contributed by atoms with E-state index >= 15 is 0 Å². The molecule has 0 fully saturated rings. The highest BCUT2D eigenvalue weighted by Crippen LogP contribution is 2.24. The first-order valence-electron chi connectivity index (χ1n) is 3.60. The van der Waals surface area contributed by atoms with Crippen LogP contribution in [0, 0.1) is 5.82 Å². The fourth-order valence-electron chi connectivity index (χ4n) is 1.11. The number of benzene rings is 1. The van der Waals surface area contributed by atoms with Gasteiger partial charge in [-0.1, -0.05) is 12.1 Å². The van der Waals surface area contributed by atoms with Crippen molar-refractivity contribution in [2.75, 3.05) is 0 Å². The van der Waals surface area contributed by atoms with Gasteiger partial charge in [0.05, 0.1) is 5.39 Å². The van der Waals surface area contributed by atoms with E-state index in [4.69, 9.17) is 0 Å². The summed E-state index contributed by atoms with van der Waals surface area (Å²) in [6.45, 7) is 0. The first-order valence-corrected chi connectivity index (χ1v) is 3.60. The Morgan fingerprint density at radius 2 is 2.00 bits per heavy atom. The van der Waals surface area contributed by atoms with Gasteiger partial charge in [0.2, 0.25) is 0 Å². The second kappa shape index (κ2) is 2.58. The molecule has 0 saturated carbocycles. The number of para-hydroxylation sites is 1. The van der Waals surface area contributed by atoms with Crippen LogP contribution in [0.2, 0.25) is 0 Å². The molecule has 0 unspecified atom stereocenters. The van der Waals surface area contributed by atoms with Crippen LogP contribution in [0.5, 0.6) is 5.75 Å². The van der Waals surface area contributed by atoms with Gasteiger partial charge in [-0.05, 0) is 12.1 Å². The van der Waals surface area contributed by atoms with Crippen molar-refractivity contribution < 1.29 is 13.9 Å². The van der Waals surface area contributed by atoms with Crippen LogP contribution < -0.4 is 5.63 Å². The average Bonchev–Trinajstić information content (AvgIpc) is 2.15. The van der Waals surface area contributed by atoms with Crippen LogP contribution >= 0.6 is 0 Å². The molecule has 0 bridgehead atoms. The van der Waals surface area contributed by atoms with Crippen LogP contribution in [0.25, 0.3) is 11.0 Å². The Balaban J connectivity index is 3.02. The second-order valence-corrected chi connectivity index (χ2v) is 2.55. The Kier molecular flexibility index (Phi) is 1.55. The minimum atomic E-state index is -1.25. The van der Waals surface area contributed by atoms with Gasteiger partial charge in [0.15, 0.2) is 5.75 Å². The molecule has 0 aliphatic heterocycles. The summed E-state index contributed by atoms with van der Waals surface area (Å²) in [6, 6.07) is 6.19. The molecule has 0 radical (unpaired) electrons. The van der Waals surface area contributed by atoms with E-state index in [1.807, 2.05) is 0 Å². The topological polar surface area (TPSA) is 50.4 Å². The van der Waals surface area contributed by atoms with Crippen LogP contribution in [0.1, 0.15) is 0 Å². The molecule has 4 heteroatoms.